The van der Waals surface area contributed by atoms with Gasteiger partial charge in [0.15, 0.2) is 0 Å². The van der Waals surface area contributed by atoms with Crippen LogP contribution in [0.5, 0.6) is 0 Å². The van der Waals surface area contributed by atoms with Gasteiger partial charge < -0.3 is 5.11 Å². The molecule has 0 atom stereocenters. The van der Waals surface area contributed by atoms with Crippen LogP contribution in [0.4, 0.5) is 13.2 Å². The number of hydrogen-bond acceptors (Lipinski definition) is 1. The summed E-state index contributed by atoms with van der Waals surface area (Å²) in [7, 11) is 0. The molecule has 0 heterocycles. The first-order valence-electron chi connectivity index (χ1n) is 4.45. The number of aliphatic carboxylic acids is 1. The SMILES string of the molecule is O=C(O)/C=C/Cc1cccc(C(F)(F)F)c1. The lowest BCUT2D eigenvalue weighted by molar-refractivity contribution is -0.137. The number of carboxylic acid groups (broad SMARTS) is 1. The fraction of sp³-hybridized carbons (Fsp3) is 0.182. The quantitative estimate of drug-likeness (QED) is 0.810. The van der Waals surface area contributed by atoms with Gasteiger partial charge in [-0.15, -0.1) is 0 Å². The molecular weight excluding hydrogens is 221 g/mol. The Morgan fingerprint density at radius 3 is 2.62 bits per heavy atom. The second kappa shape index (κ2) is 4.83. The van der Waals surface area contributed by atoms with Crippen LogP contribution in [-0.2, 0) is 17.4 Å². The molecule has 0 spiro atoms. The summed E-state index contributed by atoms with van der Waals surface area (Å²) in [5.41, 5.74) is -0.305. The summed E-state index contributed by atoms with van der Waals surface area (Å²) in [6.45, 7) is 0. The van der Waals surface area contributed by atoms with Crippen LogP contribution in [0.3, 0.4) is 0 Å². The van der Waals surface area contributed by atoms with Crippen molar-refractivity contribution >= 4 is 5.97 Å². The summed E-state index contributed by atoms with van der Waals surface area (Å²) in [6.07, 6.45) is -2.00. The van der Waals surface area contributed by atoms with Crippen molar-refractivity contribution in [2.75, 3.05) is 0 Å². The Balaban J connectivity index is 2.79. The number of carbonyl (C=O) groups is 1. The van der Waals surface area contributed by atoms with Crippen LogP contribution < -0.4 is 0 Å². The molecule has 0 aliphatic carbocycles. The lowest BCUT2D eigenvalue weighted by Crippen LogP contribution is -2.05. The van der Waals surface area contributed by atoms with Gasteiger partial charge in [0.2, 0.25) is 0 Å². The minimum Gasteiger partial charge on any atom is -0.478 e. The molecule has 0 aliphatic heterocycles. The van der Waals surface area contributed by atoms with Gasteiger partial charge in [-0.25, -0.2) is 4.79 Å². The molecular formula is C11H9F3O2. The molecule has 16 heavy (non-hydrogen) atoms. The molecule has 1 rings (SSSR count). The molecule has 0 aliphatic rings. The first-order chi connectivity index (χ1) is 7.39. The van der Waals surface area contributed by atoms with Crippen molar-refractivity contribution in [2.24, 2.45) is 0 Å². The number of hydrogen-bond donors (Lipinski definition) is 1. The molecule has 0 fully saturated rings. The highest BCUT2D eigenvalue weighted by atomic mass is 19.4. The molecule has 86 valence electrons. The van der Waals surface area contributed by atoms with E-state index in [-0.39, 0.29) is 6.42 Å². The van der Waals surface area contributed by atoms with E-state index in [2.05, 4.69) is 0 Å². The van der Waals surface area contributed by atoms with E-state index < -0.39 is 17.7 Å². The number of carboxylic acids is 1. The maximum atomic E-state index is 12.3. The van der Waals surface area contributed by atoms with Gasteiger partial charge in [-0.1, -0.05) is 24.3 Å². The topological polar surface area (TPSA) is 37.3 Å². The molecule has 0 unspecified atom stereocenters. The number of rotatable bonds is 3. The normalized spacial score (nSPS) is 11.9. The standard InChI is InChI=1S/C11H9F3O2/c12-11(13,14)9-5-1-3-8(7-9)4-2-6-10(15)16/h1-3,5-7H,4H2,(H,15,16)/b6-2+. The van der Waals surface area contributed by atoms with Gasteiger partial charge in [0.1, 0.15) is 0 Å². The van der Waals surface area contributed by atoms with E-state index >= 15 is 0 Å². The lowest BCUT2D eigenvalue weighted by Gasteiger charge is -2.07. The van der Waals surface area contributed by atoms with Gasteiger partial charge in [-0.2, -0.15) is 13.2 Å². The predicted molar refractivity (Wildman–Crippen MR) is 51.9 cm³/mol. The zero-order valence-electron chi connectivity index (χ0n) is 8.16. The Kier molecular flexibility index (Phi) is 3.71. The average molecular weight is 230 g/mol. The Bertz CT molecular complexity index is 408. The molecule has 0 amide bonds. The Morgan fingerprint density at radius 1 is 1.38 bits per heavy atom. The Labute approximate surface area is 90.0 Å². The van der Waals surface area contributed by atoms with E-state index in [1.165, 1.54) is 18.2 Å². The predicted octanol–water partition coefficient (Wildman–Crippen LogP) is 2.89. The summed E-state index contributed by atoms with van der Waals surface area (Å²) in [4.78, 5) is 10.1. The molecule has 2 nitrogen and oxygen atoms in total. The van der Waals surface area contributed by atoms with Crippen molar-refractivity contribution in [1.82, 2.24) is 0 Å². The maximum Gasteiger partial charge on any atom is 0.416 e. The minimum atomic E-state index is -4.37. The van der Waals surface area contributed by atoms with Crippen molar-refractivity contribution in [2.45, 2.75) is 12.6 Å². The Hall–Kier alpha value is -1.78. The highest BCUT2D eigenvalue weighted by Gasteiger charge is 2.30. The minimum absolute atomic E-state index is 0.163. The highest BCUT2D eigenvalue weighted by molar-refractivity contribution is 5.79. The fourth-order valence-electron chi connectivity index (χ4n) is 1.17. The molecule has 0 saturated carbocycles. The van der Waals surface area contributed by atoms with E-state index in [1.54, 1.807) is 0 Å². The first kappa shape index (κ1) is 12.3. The van der Waals surface area contributed by atoms with Gasteiger partial charge >= 0.3 is 12.1 Å². The number of alkyl halides is 3. The molecule has 5 heteroatoms. The number of halogens is 3. The second-order valence-corrected chi connectivity index (χ2v) is 3.14. The van der Waals surface area contributed by atoms with Crippen molar-refractivity contribution < 1.29 is 23.1 Å². The molecule has 1 aromatic carbocycles. The van der Waals surface area contributed by atoms with E-state index in [9.17, 15) is 18.0 Å². The Morgan fingerprint density at radius 2 is 2.06 bits per heavy atom. The molecule has 1 aromatic rings. The van der Waals surface area contributed by atoms with Crippen LogP contribution in [0.25, 0.3) is 0 Å². The lowest BCUT2D eigenvalue weighted by atomic mass is 10.1. The highest BCUT2D eigenvalue weighted by Crippen LogP contribution is 2.29. The second-order valence-electron chi connectivity index (χ2n) is 3.14. The van der Waals surface area contributed by atoms with Crippen LogP contribution in [0.1, 0.15) is 11.1 Å². The summed E-state index contributed by atoms with van der Waals surface area (Å²) >= 11 is 0. The third-order valence-corrected chi connectivity index (χ3v) is 1.87. The summed E-state index contributed by atoms with van der Waals surface area (Å²) < 4.78 is 36.9. The molecule has 0 bridgehead atoms. The van der Waals surface area contributed by atoms with Gasteiger partial charge in [0, 0.05) is 6.08 Å². The zero-order valence-corrected chi connectivity index (χ0v) is 8.16. The van der Waals surface area contributed by atoms with Crippen LogP contribution in [-0.4, -0.2) is 11.1 Å². The molecule has 0 radical (unpaired) electrons. The van der Waals surface area contributed by atoms with Crippen molar-refractivity contribution in [3.63, 3.8) is 0 Å². The van der Waals surface area contributed by atoms with Gasteiger partial charge in [-0.3, -0.25) is 0 Å². The van der Waals surface area contributed by atoms with Crippen LogP contribution in [0.15, 0.2) is 36.4 Å². The van der Waals surface area contributed by atoms with Crippen molar-refractivity contribution in [3.05, 3.63) is 47.5 Å². The van der Waals surface area contributed by atoms with Crippen LogP contribution in [0.2, 0.25) is 0 Å². The maximum absolute atomic E-state index is 12.3. The van der Waals surface area contributed by atoms with E-state index in [0.29, 0.717) is 5.56 Å². The van der Waals surface area contributed by atoms with Crippen molar-refractivity contribution in [3.8, 4) is 0 Å². The summed E-state index contributed by atoms with van der Waals surface area (Å²) in [5, 5.41) is 8.31. The fourth-order valence-corrected chi connectivity index (χ4v) is 1.17. The summed E-state index contributed by atoms with van der Waals surface area (Å²) in [6, 6.07) is 4.80. The number of allylic oxidation sites excluding steroid dienone is 1. The third-order valence-electron chi connectivity index (χ3n) is 1.87. The van der Waals surface area contributed by atoms with E-state index in [0.717, 1.165) is 18.2 Å². The third kappa shape index (κ3) is 3.76. The summed E-state index contributed by atoms with van der Waals surface area (Å²) in [5.74, 6) is -1.12. The van der Waals surface area contributed by atoms with Crippen LogP contribution in [0, 0.1) is 0 Å². The van der Waals surface area contributed by atoms with Crippen molar-refractivity contribution in [1.29, 1.82) is 0 Å². The van der Waals surface area contributed by atoms with Crippen LogP contribution >= 0.6 is 0 Å². The monoisotopic (exact) mass is 230 g/mol. The largest absolute Gasteiger partial charge is 0.478 e. The van der Waals surface area contributed by atoms with Gasteiger partial charge in [0.25, 0.3) is 0 Å². The van der Waals surface area contributed by atoms with E-state index in [4.69, 9.17) is 5.11 Å². The first-order valence-corrected chi connectivity index (χ1v) is 4.45. The molecule has 0 saturated heterocycles. The van der Waals surface area contributed by atoms with Gasteiger partial charge in [-0.05, 0) is 18.1 Å². The van der Waals surface area contributed by atoms with Gasteiger partial charge in [0.05, 0.1) is 5.56 Å². The smallest absolute Gasteiger partial charge is 0.416 e. The zero-order chi connectivity index (χ0) is 12.2. The molecule has 1 N–H and O–H groups in total. The van der Waals surface area contributed by atoms with E-state index in [1.807, 2.05) is 0 Å². The number of benzene rings is 1. The average Bonchev–Trinajstić information content (AvgIpc) is 2.16. The molecule has 0 aromatic heterocycles.